The molecule has 2 aromatic carbocycles. The van der Waals surface area contributed by atoms with Crippen LogP contribution in [0.15, 0.2) is 73.8 Å². The molecule has 3 heteroatoms. The molecule has 0 spiro atoms. The predicted molar refractivity (Wildman–Crippen MR) is 98.0 cm³/mol. The molecule has 0 N–H and O–H groups in total. The fourth-order valence-electron chi connectivity index (χ4n) is 2.55. The Morgan fingerprint density at radius 2 is 1.88 bits per heavy atom. The molecular weight excluding hydrogens is 296 g/mol. The van der Waals surface area contributed by atoms with E-state index < -0.39 is 0 Å². The minimum absolute atomic E-state index is 0.534. The van der Waals surface area contributed by atoms with E-state index >= 15 is 0 Å². The van der Waals surface area contributed by atoms with Gasteiger partial charge in [0, 0.05) is 18.0 Å². The Hall–Kier alpha value is -2.81. The van der Waals surface area contributed by atoms with Crippen LogP contribution in [0.3, 0.4) is 0 Å². The second-order valence-electron chi connectivity index (χ2n) is 6.10. The van der Waals surface area contributed by atoms with Crippen molar-refractivity contribution in [2.24, 2.45) is 0 Å². The number of hydrogen-bond acceptors (Lipinski definition) is 2. The molecule has 3 nitrogen and oxygen atoms in total. The number of nitrogens with zero attached hydrogens (tertiary/aromatic N) is 2. The molecule has 0 saturated carbocycles. The largest absolute Gasteiger partial charge is 0.488 e. The Balaban J connectivity index is 1.75. The molecule has 0 aliphatic carbocycles. The molecule has 0 aliphatic heterocycles. The quantitative estimate of drug-likeness (QED) is 0.632. The monoisotopic (exact) mass is 318 g/mol. The number of aromatic nitrogens is 2. The zero-order chi connectivity index (χ0) is 16.9. The van der Waals surface area contributed by atoms with Gasteiger partial charge >= 0.3 is 0 Å². The fourth-order valence-corrected chi connectivity index (χ4v) is 2.55. The Morgan fingerprint density at radius 3 is 2.54 bits per heavy atom. The number of ether oxygens (including phenoxy) is 1. The first-order valence-electron chi connectivity index (χ1n) is 8.13. The Labute approximate surface area is 143 Å². The fraction of sp³-hybridized carbons (Fsp3) is 0.190. The van der Waals surface area contributed by atoms with Crippen LogP contribution in [0.25, 0.3) is 5.70 Å². The molecule has 0 saturated heterocycles. The third kappa shape index (κ3) is 3.57. The summed E-state index contributed by atoms with van der Waals surface area (Å²) in [6.45, 7) is 9.09. The molecule has 0 radical (unpaired) electrons. The van der Waals surface area contributed by atoms with Gasteiger partial charge in [0.15, 0.2) is 0 Å². The van der Waals surface area contributed by atoms with Crippen molar-refractivity contribution < 1.29 is 4.74 Å². The molecule has 122 valence electrons. The van der Waals surface area contributed by atoms with Crippen LogP contribution in [0.2, 0.25) is 0 Å². The predicted octanol–water partition coefficient (Wildman–Crippen LogP) is 5.10. The molecule has 0 unspecified atom stereocenters. The van der Waals surface area contributed by atoms with E-state index in [9.17, 15) is 0 Å². The van der Waals surface area contributed by atoms with Gasteiger partial charge in [0.2, 0.25) is 0 Å². The summed E-state index contributed by atoms with van der Waals surface area (Å²) in [4.78, 5) is 4.08. The summed E-state index contributed by atoms with van der Waals surface area (Å²) in [5.74, 6) is 1.36. The van der Waals surface area contributed by atoms with Gasteiger partial charge in [-0.05, 0) is 29.2 Å². The standard InChI is InChI=1S/C21H22N2O/c1-16(2)19-10-8-18(9-11-19)14-24-21-7-5-4-6-20(21)17(3)23-13-12-22-15-23/h4-13,15-16H,3,14H2,1-2H3. The summed E-state index contributed by atoms with van der Waals surface area (Å²) < 4.78 is 7.94. The van der Waals surface area contributed by atoms with Crippen molar-refractivity contribution in [1.29, 1.82) is 0 Å². The van der Waals surface area contributed by atoms with Crippen LogP contribution in [0.4, 0.5) is 0 Å². The van der Waals surface area contributed by atoms with E-state index in [2.05, 4.69) is 49.7 Å². The maximum Gasteiger partial charge on any atom is 0.129 e. The van der Waals surface area contributed by atoms with E-state index in [4.69, 9.17) is 4.74 Å². The van der Waals surface area contributed by atoms with Gasteiger partial charge in [0.1, 0.15) is 12.4 Å². The molecule has 0 aliphatic rings. The van der Waals surface area contributed by atoms with Gasteiger partial charge in [-0.3, -0.25) is 0 Å². The first-order valence-corrected chi connectivity index (χ1v) is 8.13. The number of rotatable bonds is 6. The van der Waals surface area contributed by atoms with Crippen molar-refractivity contribution in [3.05, 3.63) is 90.5 Å². The summed E-state index contributed by atoms with van der Waals surface area (Å²) >= 11 is 0. The second-order valence-corrected chi connectivity index (χ2v) is 6.10. The SMILES string of the molecule is C=C(c1ccccc1OCc1ccc(C(C)C)cc1)n1ccnc1. The van der Waals surface area contributed by atoms with Crippen molar-refractivity contribution in [3.63, 3.8) is 0 Å². The number of para-hydroxylation sites is 1. The molecule has 0 atom stereocenters. The van der Waals surface area contributed by atoms with E-state index in [1.165, 1.54) is 5.56 Å². The van der Waals surface area contributed by atoms with Gasteiger partial charge in [-0.25, -0.2) is 4.98 Å². The Morgan fingerprint density at radius 1 is 1.12 bits per heavy atom. The summed E-state index contributed by atoms with van der Waals surface area (Å²) in [7, 11) is 0. The highest BCUT2D eigenvalue weighted by Crippen LogP contribution is 2.27. The summed E-state index contributed by atoms with van der Waals surface area (Å²) in [6.07, 6.45) is 5.36. The zero-order valence-corrected chi connectivity index (χ0v) is 14.1. The van der Waals surface area contributed by atoms with Crippen molar-refractivity contribution in [3.8, 4) is 5.75 Å². The van der Waals surface area contributed by atoms with E-state index in [1.54, 1.807) is 12.5 Å². The van der Waals surface area contributed by atoms with Crippen LogP contribution < -0.4 is 4.74 Å². The highest BCUT2D eigenvalue weighted by molar-refractivity contribution is 5.68. The normalized spacial score (nSPS) is 10.8. The maximum absolute atomic E-state index is 6.05. The molecule has 0 fully saturated rings. The number of imidazole rings is 1. The van der Waals surface area contributed by atoms with Crippen molar-refractivity contribution in [2.75, 3.05) is 0 Å². The van der Waals surface area contributed by atoms with Crippen LogP contribution in [-0.2, 0) is 6.61 Å². The van der Waals surface area contributed by atoms with Crippen LogP contribution in [0.1, 0.15) is 36.5 Å². The zero-order valence-electron chi connectivity index (χ0n) is 14.1. The third-order valence-electron chi connectivity index (χ3n) is 4.05. The average Bonchev–Trinajstić information content (AvgIpc) is 3.14. The van der Waals surface area contributed by atoms with Gasteiger partial charge in [0.25, 0.3) is 0 Å². The van der Waals surface area contributed by atoms with Crippen LogP contribution in [0.5, 0.6) is 5.75 Å². The highest BCUT2D eigenvalue weighted by Gasteiger charge is 2.08. The van der Waals surface area contributed by atoms with E-state index in [-0.39, 0.29) is 0 Å². The molecule has 1 heterocycles. The minimum atomic E-state index is 0.534. The molecule has 1 aromatic heterocycles. The average molecular weight is 318 g/mol. The minimum Gasteiger partial charge on any atom is -0.488 e. The summed E-state index contributed by atoms with van der Waals surface area (Å²) in [6, 6.07) is 16.5. The van der Waals surface area contributed by atoms with Gasteiger partial charge < -0.3 is 9.30 Å². The van der Waals surface area contributed by atoms with Gasteiger partial charge in [-0.1, -0.05) is 56.8 Å². The lowest BCUT2D eigenvalue weighted by Gasteiger charge is -2.14. The molecular formula is C21H22N2O. The Kier molecular flexibility index (Phi) is 4.80. The number of hydrogen-bond donors (Lipinski definition) is 0. The Bertz CT molecular complexity index is 802. The van der Waals surface area contributed by atoms with Crippen LogP contribution >= 0.6 is 0 Å². The number of benzene rings is 2. The maximum atomic E-state index is 6.05. The van der Waals surface area contributed by atoms with Gasteiger partial charge in [-0.15, -0.1) is 0 Å². The van der Waals surface area contributed by atoms with E-state index in [0.29, 0.717) is 12.5 Å². The summed E-state index contributed by atoms with van der Waals surface area (Å²) in [5, 5.41) is 0. The first-order chi connectivity index (χ1) is 11.6. The van der Waals surface area contributed by atoms with Gasteiger partial charge in [0.05, 0.1) is 12.0 Å². The lowest BCUT2D eigenvalue weighted by atomic mass is 10.0. The first kappa shape index (κ1) is 16.1. The lowest BCUT2D eigenvalue weighted by molar-refractivity contribution is 0.305. The van der Waals surface area contributed by atoms with Crippen molar-refractivity contribution >= 4 is 5.70 Å². The lowest BCUT2D eigenvalue weighted by Crippen LogP contribution is -2.01. The van der Waals surface area contributed by atoms with E-state index in [1.807, 2.05) is 35.0 Å². The van der Waals surface area contributed by atoms with Gasteiger partial charge in [-0.2, -0.15) is 0 Å². The van der Waals surface area contributed by atoms with Crippen LogP contribution in [0, 0.1) is 0 Å². The topological polar surface area (TPSA) is 27.1 Å². The molecule has 3 aromatic rings. The van der Waals surface area contributed by atoms with E-state index in [0.717, 1.165) is 22.6 Å². The summed E-state index contributed by atoms with van der Waals surface area (Å²) in [5.41, 5.74) is 4.31. The van der Waals surface area contributed by atoms with Crippen molar-refractivity contribution in [1.82, 2.24) is 9.55 Å². The second kappa shape index (κ2) is 7.18. The highest BCUT2D eigenvalue weighted by atomic mass is 16.5. The van der Waals surface area contributed by atoms with Crippen molar-refractivity contribution in [2.45, 2.75) is 26.4 Å². The third-order valence-corrected chi connectivity index (χ3v) is 4.05. The smallest absolute Gasteiger partial charge is 0.129 e. The molecule has 0 bridgehead atoms. The molecule has 0 amide bonds. The molecule has 24 heavy (non-hydrogen) atoms. The molecule has 3 rings (SSSR count). The van der Waals surface area contributed by atoms with Crippen LogP contribution in [-0.4, -0.2) is 9.55 Å².